The van der Waals surface area contributed by atoms with Gasteiger partial charge in [0.25, 0.3) is 0 Å². The summed E-state index contributed by atoms with van der Waals surface area (Å²) in [5.41, 5.74) is 1.10. The molecule has 5 nitrogen and oxygen atoms in total. The van der Waals surface area contributed by atoms with E-state index in [0.717, 1.165) is 17.7 Å². The lowest BCUT2D eigenvalue weighted by molar-refractivity contribution is 0.331. The molecule has 1 atom stereocenters. The Bertz CT molecular complexity index is 521. The monoisotopic (exact) mass is 261 g/mol. The molecule has 0 spiro atoms. The van der Waals surface area contributed by atoms with Crippen molar-refractivity contribution >= 4 is 0 Å². The van der Waals surface area contributed by atoms with E-state index in [4.69, 9.17) is 9.26 Å². The van der Waals surface area contributed by atoms with Crippen LogP contribution in [0.5, 0.6) is 5.75 Å². The first-order valence-electron chi connectivity index (χ1n) is 6.39. The lowest BCUT2D eigenvalue weighted by Gasteiger charge is -2.06. The van der Waals surface area contributed by atoms with Gasteiger partial charge in [0.05, 0.1) is 13.2 Å². The van der Waals surface area contributed by atoms with Crippen LogP contribution in [-0.2, 0) is 6.42 Å². The number of aromatic nitrogens is 2. The molecule has 0 saturated heterocycles. The standard InChI is InChI=1S/C14H19N3O2/c1-4-12(15-2)14-16-13(17-19-14)9-10-6-5-7-11(8-10)18-3/h5-8,12,15H,4,9H2,1-3H3. The molecule has 1 N–H and O–H groups in total. The fourth-order valence-electron chi connectivity index (χ4n) is 1.95. The van der Waals surface area contributed by atoms with E-state index in [-0.39, 0.29) is 6.04 Å². The van der Waals surface area contributed by atoms with Crippen molar-refractivity contribution in [3.05, 3.63) is 41.5 Å². The van der Waals surface area contributed by atoms with E-state index in [1.807, 2.05) is 31.3 Å². The number of hydrogen-bond donors (Lipinski definition) is 1. The highest BCUT2D eigenvalue weighted by Crippen LogP contribution is 2.17. The van der Waals surface area contributed by atoms with E-state index in [9.17, 15) is 0 Å². The zero-order chi connectivity index (χ0) is 13.7. The molecule has 0 amide bonds. The average molecular weight is 261 g/mol. The first kappa shape index (κ1) is 13.5. The molecule has 0 aliphatic rings. The van der Waals surface area contributed by atoms with Gasteiger partial charge in [0.2, 0.25) is 5.89 Å². The van der Waals surface area contributed by atoms with E-state index in [1.54, 1.807) is 7.11 Å². The van der Waals surface area contributed by atoms with Crippen molar-refractivity contribution < 1.29 is 9.26 Å². The van der Waals surface area contributed by atoms with Crippen molar-refractivity contribution in [2.24, 2.45) is 0 Å². The van der Waals surface area contributed by atoms with Crippen LogP contribution in [0.2, 0.25) is 0 Å². The van der Waals surface area contributed by atoms with Gasteiger partial charge in [0.1, 0.15) is 5.75 Å². The lowest BCUT2D eigenvalue weighted by atomic mass is 10.1. The van der Waals surface area contributed by atoms with Crippen LogP contribution in [0.1, 0.15) is 36.7 Å². The van der Waals surface area contributed by atoms with Crippen LogP contribution in [0.4, 0.5) is 0 Å². The summed E-state index contributed by atoms with van der Waals surface area (Å²) in [6.07, 6.45) is 1.55. The summed E-state index contributed by atoms with van der Waals surface area (Å²) in [6.45, 7) is 2.08. The van der Waals surface area contributed by atoms with Crippen LogP contribution in [0.15, 0.2) is 28.8 Å². The zero-order valence-corrected chi connectivity index (χ0v) is 11.5. The molecule has 0 fully saturated rings. The number of rotatable bonds is 6. The number of hydrogen-bond acceptors (Lipinski definition) is 5. The van der Waals surface area contributed by atoms with Gasteiger partial charge >= 0.3 is 0 Å². The predicted octanol–water partition coefficient (Wildman–Crippen LogP) is 2.34. The minimum absolute atomic E-state index is 0.117. The Balaban J connectivity index is 2.10. The number of ether oxygens (including phenoxy) is 1. The molecular formula is C14H19N3O2. The number of benzene rings is 1. The van der Waals surface area contributed by atoms with Crippen LogP contribution in [0.25, 0.3) is 0 Å². The van der Waals surface area contributed by atoms with E-state index >= 15 is 0 Å². The second-order valence-electron chi connectivity index (χ2n) is 4.33. The smallest absolute Gasteiger partial charge is 0.243 e. The SMILES string of the molecule is CCC(NC)c1nc(Cc2cccc(OC)c2)no1. The molecule has 0 radical (unpaired) electrons. The van der Waals surface area contributed by atoms with Gasteiger partial charge in [-0.15, -0.1) is 0 Å². The van der Waals surface area contributed by atoms with Gasteiger partial charge < -0.3 is 14.6 Å². The molecule has 0 aliphatic carbocycles. The Morgan fingerprint density at radius 1 is 1.42 bits per heavy atom. The third-order valence-corrected chi connectivity index (χ3v) is 3.03. The van der Waals surface area contributed by atoms with Gasteiger partial charge in [0.15, 0.2) is 5.82 Å². The largest absolute Gasteiger partial charge is 0.497 e. The van der Waals surface area contributed by atoms with E-state index in [1.165, 1.54) is 0 Å². The minimum atomic E-state index is 0.117. The third kappa shape index (κ3) is 3.32. The van der Waals surface area contributed by atoms with Gasteiger partial charge in [-0.25, -0.2) is 0 Å². The normalized spacial score (nSPS) is 12.4. The molecule has 1 heterocycles. The molecule has 19 heavy (non-hydrogen) atoms. The van der Waals surface area contributed by atoms with Crippen molar-refractivity contribution in [1.82, 2.24) is 15.5 Å². The van der Waals surface area contributed by atoms with Crippen molar-refractivity contribution in [1.29, 1.82) is 0 Å². The number of methoxy groups -OCH3 is 1. The maximum absolute atomic E-state index is 5.28. The van der Waals surface area contributed by atoms with Crippen molar-refractivity contribution in [3.8, 4) is 5.75 Å². The Morgan fingerprint density at radius 2 is 2.26 bits per heavy atom. The molecule has 1 aromatic heterocycles. The first-order valence-corrected chi connectivity index (χ1v) is 6.39. The van der Waals surface area contributed by atoms with Crippen LogP contribution in [0, 0.1) is 0 Å². The van der Waals surface area contributed by atoms with Gasteiger partial charge in [0, 0.05) is 6.42 Å². The number of nitrogens with zero attached hydrogens (tertiary/aromatic N) is 2. The highest BCUT2D eigenvalue weighted by Gasteiger charge is 2.15. The summed E-state index contributed by atoms with van der Waals surface area (Å²) in [5, 5.41) is 7.16. The van der Waals surface area contributed by atoms with Crippen molar-refractivity contribution in [2.75, 3.05) is 14.2 Å². The Labute approximate surface area is 113 Å². The van der Waals surface area contributed by atoms with Crippen molar-refractivity contribution in [3.63, 3.8) is 0 Å². The van der Waals surface area contributed by atoms with Gasteiger partial charge in [-0.05, 0) is 31.2 Å². The minimum Gasteiger partial charge on any atom is -0.497 e. The summed E-state index contributed by atoms with van der Waals surface area (Å²) >= 11 is 0. The van der Waals surface area contributed by atoms with Crippen LogP contribution in [0.3, 0.4) is 0 Å². The first-order chi connectivity index (χ1) is 9.26. The average Bonchev–Trinajstić information content (AvgIpc) is 2.89. The molecule has 2 rings (SSSR count). The van der Waals surface area contributed by atoms with E-state index in [2.05, 4.69) is 22.4 Å². The molecule has 1 unspecified atom stereocenters. The Hall–Kier alpha value is -1.88. The summed E-state index contributed by atoms with van der Waals surface area (Å²) in [4.78, 5) is 4.42. The van der Waals surface area contributed by atoms with E-state index < -0.39 is 0 Å². The maximum atomic E-state index is 5.28. The Kier molecular flexibility index (Phi) is 4.52. The molecule has 5 heteroatoms. The summed E-state index contributed by atoms with van der Waals surface area (Å²) in [5.74, 6) is 2.17. The third-order valence-electron chi connectivity index (χ3n) is 3.03. The van der Waals surface area contributed by atoms with Gasteiger partial charge in [-0.3, -0.25) is 0 Å². The topological polar surface area (TPSA) is 60.2 Å². The summed E-state index contributed by atoms with van der Waals surface area (Å²) < 4.78 is 10.5. The second-order valence-corrected chi connectivity index (χ2v) is 4.33. The van der Waals surface area contributed by atoms with Crippen molar-refractivity contribution in [2.45, 2.75) is 25.8 Å². The summed E-state index contributed by atoms with van der Waals surface area (Å²) in [6, 6.07) is 7.99. The van der Waals surface area contributed by atoms with Crippen LogP contribution < -0.4 is 10.1 Å². The van der Waals surface area contributed by atoms with Crippen LogP contribution >= 0.6 is 0 Å². The molecule has 0 aliphatic heterocycles. The van der Waals surface area contributed by atoms with Gasteiger partial charge in [-0.1, -0.05) is 24.2 Å². The van der Waals surface area contributed by atoms with Gasteiger partial charge in [-0.2, -0.15) is 4.98 Å². The zero-order valence-electron chi connectivity index (χ0n) is 11.5. The Morgan fingerprint density at radius 3 is 2.95 bits per heavy atom. The fraction of sp³-hybridized carbons (Fsp3) is 0.429. The lowest BCUT2D eigenvalue weighted by Crippen LogP contribution is -2.15. The molecule has 102 valence electrons. The highest BCUT2D eigenvalue weighted by molar-refractivity contribution is 5.30. The molecular weight excluding hydrogens is 242 g/mol. The summed E-state index contributed by atoms with van der Waals surface area (Å²) in [7, 11) is 3.55. The molecule has 0 bridgehead atoms. The number of nitrogens with one attached hydrogen (secondary N) is 1. The highest BCUT2D eigenvalue weighted by atomic mass is 16.5. The molecule has 0 saturated carbocycles. The molecule has 2 aromatic rings. The maximum Gasteiger partial charge on any atom is 0.243 e. The van der Waals surface area contributed by atoms with E-state index in [0.29, 0.717) is 18.1 Å². The van der Waals surface area contributed by atoms with Crippen LogP contribution in [-0.4, -0.2) is 24.3 Å². The second kappa shape index (κ2) is 6.33. The fourth-order valence-corrected chi connectivity index (χ4v) is 1.95. The quantitative estimate of drug-likeness (QED) is 0.864. The predicted molar refractivity (Wildman–Crippen MR) is 72.2 cm³/mol. The molecule has 1 aromatic carbocycles.